The number of phenols is 1. The minimum atomic E-state index is -1.38. The van der Waals surface area contributed by atoms with Crippen molar-refractivity contribution < 1.29 is 34.2 Å². The van der Waals surface area contributed by atoms with Crippen molar-refractivity contribution in [1.82, 2.24) is 14.8 Å². The number of hydroxylamine groups is 2. The van der Waals surface area contributed by atoms with Crippen LogP contribution in [0.3, 0.4) is 0 Å². The third-order valence-electron chi connectivity index (χ3n) is 11.0. The van der Waals surface area contributed by atoms with Crippen LogP contribution < -0.4 is 9.64 Å². The minimum absolute atomic E-state index is 0.0936. The van der Waals surface area contributed by atoms with Crippen LogP contribution in [0.4, 0.5) is 5.82 Å². The van der Waals surface area contributed by atoms with Crippen LogP contribution in [-0.2, 0) is 26.2 Å². The number of phenolic OH excluding ortho intramolecular Hbond substituents is 1. The molecule has 2 aliphatic heterocycles. The molecule has 246 valence electrons. The Labute approximate surface area is 283 Å². The maximum atomic E-state index is 14.9. The Morgan fingerprint density at radius 1 is 1.04 bits per heavy atom. The second-order valence-electron chi connectivity index (χ2n) is 13.3. The molecule has 6 atom stereocenters. The van der Waals surface area contributed by atoms with Crippen molar-refractivity contribution >= 4 is 62.5 Å². The highest BCUT2D eigenvalue weighted by Crippen LogP contribution is 2.64. The first-order valence-electron chi connectivity index (χ1n) is 15.6. The second-order valence-corrected chi connectivity index (χ2v) is 14.8. The van der Waals surface area contributed by atoms with Crippen LogP contribution in [0.2, 0.25) is 5.02 Å². The molecule has 0 spiro atoms. The number of carbonyl (C=O) groups excluding carboxylic acids is 4. The Balaban J connectivity index is 1.27. The van der Waals surface area contributed by atoms with E-state index in [0.29, 0.717) is 33.4 Å². The molecule has 48 heavy (non-hydrogen) atoms. The monoisotopic (exact) mass is 686 g/mol. The van der Waals surface area contributed by atoms with Crippen molar-refractivity contribution in [2.45, 2.75) is 32.6 Å². The highest BCUT2D eigenvalue weighted by molar-refractivity contribution is 7.22. The number of rotatable bonds is 4. The first kappa shape index (κ1) is 30.8. The summed E-state index contributed by atoms with van der Waals surface area (Å²) in [5, 5.41) is 28.1. The van der Waals surface area contributed by atoms with Gasteiger partial charge in [-0.25, -0.2) is 4.90 Å². The van der Waals surface area contributed by atoms with Gasteiger partial charge in [0.2, 0.25) is 11.8 Å². The molecular formula is C35H31ClN4O7S. The van der Waals surface area contributed by atoms with Crippen molar-refractivity contribution in [3.8, 4) is 22.1 Å². The summed E-state index contributed by atoms with van der Waals surface area (Å²) in [5.74, 6) is -5.72. The number of hydrogen-bond donors (Lipinski definition) is 2. The number of methoxy groups -OCH3 is 1. The number of halogens is 1. The Hall–Kier alpha value is -4.52. The smallest absolute Gasteiger partial charge is 0.257 e. The number of fused-ring (bicyclic) bond motifs is 5. The Kier molecular flexibility index (Phi) is 6.73. The number of ether oxygens (including phenoxy) is 1. The third kappa shape index (κ3) is 3.99. The van der Waals surface area contributed by atoms with E-state index in [9.17, 15) is 29.5 Å². The number of imide groups is 2. The molecule has 4 aliphatic rings. The average molecular weight is 687 g/mol. The van der Waals surface area contributed by atoms with Gasteiger partial charge in [0.05, 0.1) is 35.2 Å². The summed E-state index contributed by atoms with van der Waals surface area (Å²) in [6, 6.07) is 12.1. The molecule has 2 aromatic heterocycles. The number of aromatic nitrogens is 2. The van der Waals surface area contributed by atoms with Crippen molar-refractivity contribution in [3.05, 3.63) is 70.3 Å². The molecule has 2 saturated heterocycles. The zero-order valence-electron chi connectivity index (χ0n) is 26.4. The van der Waals surface area contributed by atoms with Gasteiger partial charge in [-0.3, -0.25) is 29.1 Å². The molecule has 3 fully saturated rings. The van der Waals surface area contributed by atoms with E-state index < -0.39 is 58.6 Å². The van der Waals surface area contributed by atoms with Gasteiger partial charge in [-0.1, -0.05) is 23.3 Å². The van der Waals surface area contributed by atoms with Crippen LogP contribution in [0.15, 0.2) is 54.1 Å². The van der Waals surface area contributed by atoms with Gasteiger partial charge in [0.15, 0.2) is 0 Å². The van der Waals surface area contributed by atoms with E-state index in [-0.39, 0.29) is 23.7 Å². The maximum absolute atomic E-state index is 14.9. The van der Waals surface area contributed by atoms with E-state index in [4.69, 9.17) is 21.4 Å². The quantitative estimate of drug-likeness (QED) is 0.161. The second kappa shape index (κ2) is 10.5. The lowest BCUT2D eigenvalue weighted by molar-refractivity contribution is -0.173. The number of carbonyl (C=O) groups is 4. The topological polar surface area (TPSA) is 142 Å². The summed E-state index contributed by atoms with van der Waals surface area (Å²) in [7, 11) is 3.17. The fraction of sp³-hybridized carbons (Fsp3) is 0.343. The van der Waals surface area contributed by atoms with Gasteiger partial charge in [-0.15, -0.1) is 11.3 Å². The van der Waals surface area contributed by atoms with Gasteiger partial charge >= 0.3 is 0 Å². The molecular weight excluding hydrogens is 656 g/mol. The number of amides is 4. The molecule has 8 rings (SSSR count). The van der Waals surface area contributed by atoms with Crippen LogP contribution in [0.5, 0.6) is 11.5 Å². The van der Waals surface area contributed by atoms with Crippen LogP contribution in [0, 0.1) is 36.0 Å². The Morgan fingerprint density at radius 2 is 1.81 bits per heavy atom. The number of aromatic hydroxyl groups is 1. The molecule has 4 heterocycles. The normalized spacial score (nSPS) is 28.2. The summed E-state index contributed by atoms with van der Waals surface area (Å²) in [6.07, 6.45) is 2.14. The van der Waals surface area contributed by atoms with E-state index in [1.54, 1.807) is 43.5 Å². The first-order chi connectivity index (χ1) is 22.9. The van der Waals surface area contributed by atoms with E-state index in [2.05, 4.69) is 0 Å². The lowest BCUT2D eigenvalue weighted by Gasteiger charge is -2.49. The van der Waals surface area contributed by atoms with Gasteiger partial charge in [-0.05, 0) is 80.0 Å². The summed E-state index contributed by atoms with van der Waals surface area (Å²) < 4.78 is 8.03. The van der Waals surface area contributed by atoms with Crippen LogP contribution in [0.1, 0.15) is 36.8 Å². The highest BCUT2D eigenvalue weighted by atomic mass is 35.5. The predicted molar refractivity (Wildman–Crippen MR) is 177 cm³/mol. The fourth-order valence-electron chi connectivity index (χ4n) is 8.67. The first-order valence-corrected chi connectivity index (χ1v) is 16.8. The summed E-state index contributed by atoms with van der Waals surface area (Å²) in [6.45, 7) is 3.72. The zero-order valence-corrected chi connectivity index (χ0v) is 28.0. The minimum Gasteiger partial charge on any atom is -0.508 e. The van der Waals surface area contributed by atoms with Crippen molar-refractivity contribution in [2.75, 3.05) is 12.0 Å². The van der Waals surface area contributed by atoms with Gasteiger partial charge in [-0.2, -0.15) is 10.2 Å². The molecule has 13 heteroatoms. The van der Waals surface area contributed by atoms with Crippen LogP contribution in [0.25, 0.3) is 20.7 Å². The van der Waals surface area contributed by atoms with E-state index in [0.717, 1.165) is 20.5 Å². The number of thiophene rings is 1. The highest BCUT2D eigenvalue weighted by Gasteiger charge is 2.68. The van der Waals surface area contributed by atoms with Crippen LogP contribution >= 0.6 is 22.9 Å². The fourth-order valence-corrected chi connectivity index (χ4v) is 9.98. The standard InChI is InChI=1S/C35H31ClN4O7S/c1-15-20-11-16(36)5-10-26(20)48-30(15)24-14-27(38(3)37-24)39-32(43)23-13-21-18(7-8-19-28(21)33(44)40(46)31(19)42)29(35(23,2)34(39)45)22-12-17(47-4)6-9-25(22)41/h5-7,9-12,14,19,21,23,28-29,41,46H,8,13H2,1-4H3/t19-,21+,23-,28-,29+,35+/m0/s1. The molecule has 1 saturated carbocycles. The van der Waals surface area contributed by atoms with Gasteiger partial charge in [0.1, 0.15) is 23.0 Å². The van der Waals surface area contributed by atoms with E-state index >= 15 is 0 Å². The largest absolute Gasteiger partial charge is 0.508 e. The van der Waals surface area contributed by atoms with Gasteiger partial charge < -0.3 is 9.84 Å². The molecule has 11 nitrogen and oxygen atoms in total. The van der Waals surface area contributed by atoms with E-state index in [1.807, 2.05) is 31.2 Å². The lowest BCUT2D eigenvalue weighted by Crippen LogP contribution is -2.48. The van der Waals surface area contributed by atoms with Crippen molar-refractivity contribution in [3.63, 3.8) is 0 Å². The molecule has 0 bridgehead atoms. The van der Waals surface area contributed by atoms with Crippen molar-refractivity contribution in [1.29, 1.82) is 0 Å². The molecule has 4 aromatic rings. The predicted octanol–water partition coefficient (Wildman–Crippen LogP) is 5.60. The number of hydrogen-bond acceptors (Lipinski definition) is 9. The number of nitrogens with zero attached hydrogens (tertiary/aromatic N) is 4. The SMILES string of the molecule is COc1ccc(O)c([C@H]2C3=CC[C@@H]4C(=O)N(O)C(=O)[C@@H]4[C@@H]3C[C@H]3C(=O)N(c4cc(-c5sc6ccc(Cl)cc6c5C)nn4C)C(=O)[C@@]23C)c1. The van der Waals surface area contributed by atoms with Crippen molar-refractivity contribution in [2.24, 2.45) is 36.1 Å². The molecule has 4 amide bonds. The van der Waals surface area contributed by atoms with Crippen LogP contribution in [-0.4, -0.2) is 55.9 Å². The zero-order chi connectivity index (χ0) is 34.0. The summed E-state index contributed by atoms with van der Waals surface area (Å²) >= 11 is 7.82. The number of benzene rings is 2. The number of anilines is 1. The van der Waals surface area contributed by atoms with Gasteiger partial charge in [0.25, 0.3) is 11.8 Å². The van der Waals surface area contributed by atoms with E-state index in [1.165, 1.54) is 22.8 Å². The Bertz CT molecular complexity index is 2150. The summed E-state index contributed by atoms with van der Waals surface area (Å²) in [5.41, 5.74) is 1.26. The molecule has 2 N–H and O–H groups in total. The molecule has 0 unspecified atom stereocenters. The van der Waals surface area contributed by atoms with Gasteiger partial charge in [0, 0.05) is 34.3 Å². The molecule has 2 aromatic carbocycles. The average Bonchev–Trinajstić information content (AvgIpc) is 3.72. The number of aryl methyl sites for hydroxylation is 2. The number of allylic oxidation sites excluding steroid dienone is 2. The third-order valence-corrected chi connectivity index (χ3v) is 12.5. The Morgan fingerprint density at radius 3 is 2.56 bits per heavy atom. The molecule has 0 radical (unpaired) electrons. The maximum Gasteiger partial charge on any atom is 0.257 e. The molecule has 2 aliphatic carbocycles. The lowest BCUT2D eigenvalue weighted by atomic mass is 9.51. The summed E-state index contributed by atoms with van der Waals surface area (Å²) in [4.78, 5) is 57.7.